The smallest absolute Gasteiger partial charge is 0.274 e. The number of aromatic nitrogens is 2. The Balaban J connectivity index is 0.00000192. The van der Waals surface area contributed by atoms with Gasteiger partial charge >= 0.3 is 0 Å². The molecule has 1 unspecified atom stereocenters. The summed E-state index contributed by atoms with van der Waals surface area (Å²) in [7, 11) is 1.93. The maximum Gasteiger partial charge on any atom is 0.274 e. The summed E-state index contributed by atoms with van der Waals surface area (Å²) in [6, 6.07) is 7.73. The topological polar surface area (TPSA) is 50.2 Å². The molecule has 2 aromatic rings. The van der Waals surface area contributed by atoms with Gasteiger partial charge in [-0.1, -0.05) is 0 Å². The number of amides is 1. The van der Waals surface area contributed by atoms with Crippen LogP contribution in [0.1, 0.15) is 16.9 Å². The number of rotatable bonds is 4. The Labute approximate surface area is 140 Å². The molecule has 1 fully saturated rings. The molecule has 5 nitrogen and oxygen atoms in total. The van der Waals surface area contributed by atoms with Crippen molar-refractivity contribution < 1.29 is 9.18 Å². The molecule has 23 heavy (non-hydrogen) atoms. The Hall–Kier alpha value is -1.92. The van der Waals surface area contributed by atoms with Crippen molar-refractivity contribution in [1.82, 2.24) is 20.0 Å². The molecule has 1 saturated heterocycles. The van der Waals surface area contributed by atoms with Crippen LogP contribution >= 0.6 is 12.4 Å². The van der Waals surface area contributed by atoms with Gasteiger partial charge in [-0.2, -0.15) is 5.10 Å². The Bertz CT molecular complexity index is 658. The molecule has 2 heterocycles. The number of halogens is 2. The predicted octanol–water partition coefficient (Wildman–Crippen LogP) is 2.11. The van der Waals surface area contributed by atoms with Crippen molar-refractivity contribution in [2.24, 2.45) is 5.92 Å². The number of benzene rings is 1. The molecule has 0 bridgehead atoms. The molecule has 0 radical (unpaired) electrons. The highest BCUT2D eigenvalue weighted by Crippen LogP contribution is 2.18. The maximum absolute atomic E-state index is 12.9. The average Bonchev–Trinajstić information content (AvgIpc) is 3.17. The lowest BCUT2D eigenvalue weighted by molar-refractivity contribution is 0.0781. The van der Waals surface area contributed by atoms with E-state index in [0.717, 1.165) is 31.7 Å². The molecule has 1 aliphatic rings. The molecule has 1 aromatic carbocycles. The monoisotopic (exact) mass is 338 g/mol. The Morgan fingerprint density at radius 1 is 1.35 bits per heavy atom. The van der Waals surface area contributed by atoms with Crippen LogP contribution in [-0.4, -0.2) is 47.3 Å². The van der Waals surface area contributed by atoms with Crippen molar-refractivity contribution in [1.29, 1.82) is 0 Å². The highest BCUT2D eigenvalue weighted by Gasteiger charge is 2.27. The zero-order valence-electron chi connectivity index (χ0n) is 12.9. The quantitative estimate of drug-likeness (QED) is 0.929. The third kappa shape index (κ3) is 3.89. The first-order valence-corrected chi connectivity index (χ1v) is 7.43. The zero-order valence-corrected chi connectivity index (χ0v) is 13.7. The van der Waals surface area contributed by atoms with Crippen molar-refractivity contribution in [3.05, 3.63) is 48.0 Å². The SMILES string of the molecule is CNCC1CCN(C(=O)c2ccn(-c3ccc(F)cc3)n2)C1.Cl. The Morgan fingerprint density at radius 2 is 2.09 bits per heavy atom. The maximum atomic E-state index is 12.9. The van der Waals surface area contributed by atoms with Gasteiger partial charge in [-0.25, -0.2) is 9.07 Å². The van der Waals surface area contributed by atoms with Gasteiger partial charge in [0.25, 0.3) is 5.91 Å². The van der Waals surface area contributed by atoms with Gasteiger partial charge in [0.1, 0.15) is 5.82 Å². The van der Waals surface area contributed by atoms with Crippen LogP contribution in [0.4, 0.5) is 4.39 Å². The van der Waals surface area contributed by atoms with E-state index in [0.29, 0.717) is 11.6 Å². The minimum atomic E-state index is -0.292. The molecule has 3 rings (SSSR count). The molecule has 0 saturated carbocycles. The van der Waals surface area contributed by atoms with E-state index >= 15 is 0 Å². The molecular weight excluding hydrogens is 319 g/mol. The third-order valence-electron chi connectivity index (χ3n) is 3.97. The second-order valence-electron chi connectivity index (χ2n) is 5.59. The van der Waals surface area contributed by atoms with E-state index in [-0.39, 0.29) is 24.1 Å². The van der Waals surface area contributed by atoms with E-state index in [4.69, 9.17) is 0 Å². The fourth-order valence-electron chi connectivity index (χ4n) is 2.81. The van der Waals surface area contributed by atoms with Crippen LogP contribution < -0.4 is 5.32 Å². The summed E-state index contributed by atoms with van der Waals surface area (Å²) in [5.74, 6) is 0.174. The first-order valence-electron chi connectivity index (χ1n) is 7.43. The lowest BCUT2D eigenvalue weighted by atomic mass is 10.1. The Morgan fingerprint density at radius 3 is 2.78 bits per heavy atom. The second-order valence-corrected chi connectivity index (χ2v) is 5.59. The summed E-state index contributed by atoms with van der Waals surface area (Å²) in [5, 5.41) is 7.46. The minimum absolute atomic E-state index is 0. The highest BCUT2D eigenvalue weighted by molar-refractivity contribution is 5.92. The first-order chi connectivity index (χ1) is 10.7. The second kappa shape index (κ2) is 7.57. The van der Waals surface area contributed by atoms with Gasteiger partial charge in [0.2, 0.25) is 0 Å². The summed E-state index contributed by atoms with van der Waals surface area (Å²) in [6.45, 7) is 2.46. The largest absolute Gasteiger partial charge is 0.337 e. The molecule has 1 amide bonds. The van der Waals surface area contributed by atoms with Crippen molar-refractivity contribution in [2.45, 2.75) is 6.42 Å². The van der Waals surface area contributed by atoms with Crippen molar-refractivity contribution in [3.8, 4) is 5.69 Å². The molecule has 1 N–H and O–H groups in total. The number of nitrogens with one attached hydrogen (secondary N) is 1. The molecular formula is C16H20ClFN4O. The van der Waals surface area contributed by atoms with Crippen LogP contribution in [0, 0.1) is 11.7 Å². The standard InChI is InChI=1S/C16H19FN4O.ClH/c1-18-10-12-6-8-20(11-12)16(22)15-7-9-21(19-15)14-4-2-13(17)3-5-14;/h2-5,7,9,12,18H,6,8,10-11H2,1H3;1H. The van der Waals surface area contributed by atoms with Gasteiger partial charge in [-0.05, 0) is 56.3 Å². The minimum Gasteiger partial charge on any atom is -0.337 e. The van der Waals surface area contributed by atoms with Crippen LogP contribution in [0.3, 0.4) is 0 Å². The van der Waals surface area contributed by atoms with Crippen LogP contribution in [-0.2, 0) is 0 Å². The lowest BCUT2D eigenvalue weighted by Crippen LogP contribution is -2.30. The van der Waals surface area contributed by atoms with Crippen LogP contribution in [0.5, 0.6) is 0 Å². The summed E-state index contributed by atoms with van der Waals surface area (Å²) in [6.07, 6.45) is 2.74. The van der Waals surface area contributed by atoms with Gasteiger partial charge in [-0.3, -0.25) is 4.79 Å². The molecule has 1 atom stereocenters. The average molecular weight is 339 g/mol. The predicted molar refractivity (Wildman–Crippen MR) is 88.7 cm³/mol. The molecule has 0 spiro atoms. The highest BCUT2D eigenvalue weighted by atomic mass is 35.5. The number of carbonyl (C=O) groups is 1. The van der Waals surface area contributed by atoms with Crippen LogP contribution in [0.25, 0.3) is 5.69 Å². The van der Waals surface area contributed by atoms with E-state index in [9.17, 15) is 9.18 Å². The van der Waals surface area contributed by atoms with Crippen molar-refractivity contribution in [3.63, 3.8) is 0 Å². The molecule has 7 heteroatoms. The number of nitrogens with zero attached hydrogens (tertiary/aromatic N) is 3. The fraction of sp³-hybridized carbons (Fsp3) is 0.375. The van der Waals surface area contributed by atoms with Gasteiger partial charge in [0, 0.05) is 19.3 Å². The van der Waals surface area contributed by atoms with Crippen LogP contribution in [0.2, 0.25) is 0 Å². The zero-order chi connectivity index (χ0) is 15.5. The van der Waals surface area contributed by atoms with Gasteiger partial charge in [-0.15, -0.1) is 12.4 Å². The lowest BCUT2D eigenvalue weighted by Gasteiger charge is -2.15. The van der Waals surface area contributed by atoms with Gasteiger partial charge in [0.15, 0.2) is 5.69 Å². The molecule has 1 aliphatic heterocycles. The van der Waals surface area contributed by atoms with E-state index in [2.05, 4.69) is 10.4 Å². The molecule has 124 valence electrons. The molecule has 1 aromatic heterocycles. The summed E-state index contributed by atoms with van der Waals surface area (Å²) < 4.78 is 14.5. The normalized spacial score (nSPS) is 17.1. The molecule has 0 aliphatic carbocycles. The number of hydrogen-bond acceptors (Lipinski definition) is 3. The van der Waals surface area contributed by atoms with E-state index < -0.39 is 0 Å². The van der Waals surface area contributed by atoms with E-state index in [1.807, 2.05) is 11.9 Å². The Kier molecular flexibility index (Phi) is 5.74. The number of likely N-dealkylation sites (tertiary alicyclic amines) is 1. The number of hydrogen-bond donors (Lipinski definition) is 1. The number of carbonyl (C=O) groups excluding carboxylic acids is 1. The van der Waals surface area contributed by atoms with E-state index in [1.165, 1.54) is 12.1 Å². The third-order valence-corrected chi connectivity index (χ3v) is 3.97. The first kappa shape index (κ1) is 17.4. The fourth-order valence-corrected chi connectivity index (χ4v) is 2.81. The van der Waals surface area contributed by atoms with E-state index in [1.54, 1.807) is 29.1 Å². The summed E-state index contributed by atoms with van der Waals surface area (Å²) >= 11 is 0. The van der Waals surface area contributed by atoms with Gasteiger partial charge in [0.05, 0.1) is 5.69 Å². The summed E-state index contributed by atoms with van der Waals surface area (Å²) in [4.78, 5) is 14.3. The van der Waals surface area contributed by atoms with Crippen molar-refractivity contribution in [2.75, 3.05) is 26.7 Å². The van der Waals surface area contributed by atoms with Crippen LogP contribution in [0.15, 0.2) is 36.5 Å². The summed E-state index contributed by atoms with van der Waals surface area (Å²) in [5.41, 5.74) is 1.16. The van der Waals surface area contributed by atoms with Crippen molar-refractivity contribution >= 4 is 18.3 Å². The van der Waals surface area contributed by atoms with Gasteiger partial charge < -0.3 is 10.2 Å².